The van der Waals surface area contributed by atoms with Gasteiger partial charge in [0.15, 0.2) is 10.8 Å². The standard InChI is InChI=1S/C20H25ClN6O4/c1-20(2,3)31-19(29)27-8-9-30-14(12-27)11-23-15-10-16(21)25-26-17(15)18(28)24-13-4-6-22-7-5-13/h4-7,10,14H,8-9,11-12H2,1-3H3,(H,23,25)(H,22,24,28). The molecule has 1 atom stereocenters. The lowest BCUT2D eigenvalue weighted by atomic mass is 10.2. The number of ether oxygens (including phenoxy) is 2. The molecule has 2 amide bonds. The second-order valence-electron chi connectivity index (χ2n) is 7.92. The van der Waals surface area contributed by atoms with E-state index >= 15 is 0 Å². The zero-order valence-electron chi connectivity index (χ0n) is 17.6. The first-order valence-corrected chi connectivity index (χ1v) is 10.2. The quantitative estimate of drug-likeness (QED) is 0.716. The fraction of sp³-hybridized carbons (Fsp3) is 0.450. The van der Waals surface area contributed by atoms with Gasteiger partial charge in [0, 0.05) is 37.2 Å². The lowest BCUT2D eigenvalue weighted by Gasteiger charge is -2.34. The van der Waals surface area contributed by atoms with Crippen LogP contribution in [0.5, 0.6) is 0 Å². The number of carbonyl (C=O) groups is 2. The summed E-state index contributed by atoms with van der Waals surface area (Å²) in [6.07, 6.45) is 2.45. The van der Waals surface area contributed by atoms with Gasteiger partial charge in [-0.2, -0.15) is 0 Å². The van der Waals surface area contributed by atoms with Crippen LogP contribution in [0, 0.1) is 0 Å². The largest absolute Gasteiger partial charge is 0.444 e. The van der Waals surface area contributed by atoms with Gasteiger partial charge in [0.1, 0.15) is 5.60 Å². The highest BCUT2D eigenvalue weighted by molar-refractivity contribution is 6.29. The number of rotatable bonds is 5. The first-order valence-electron chi connectivity index (χ1n) is 9.79. The van der Waals surface area contributed by atoms with Crippen LogP contribution < -0.4 is 10.6 Å². The molecule has 1 unspecified atom stereocenters. The zero-order valence-corrected chi connectivity index (χ0v) is 18.3. The summed E-state index contributed by atoms with van der Waals surface area (Å²) in [5, 5.41) is 13.7. The van der Waals surface area contributed by atoms with Gasteiger partial charge in [-0.15, -0.1) is 10.2 Å². The van der Waals surface area contributed by atoms with Crippen molar-refractivity contribution in [1.82, 2.24) is 20.1 Å². The van der Waals surface area contributed by atoms with Crippen LogP contribution in [0.25, 0.3) is 0 Å². The van der Waals surface area contributed by atoms with Crippen molar-refractivity contribution in [3.63, 3.8) is 0 Å². The average molecular weight is 449 g/mol. The normalized spacial score (nSPS) is 16.5. The van der Waals surface area contributed by atoms with Crippen molar-refractivity contribution in [1.29, 1.82) is 0 Å². The van der Waals surface area contributed by atoms with Crippen molar-refractivity contribution < 1.29 is 19.1 Å². The Hall–Kier alpha value is -2.98. The number of nitrogens with one attached hydrogen (secondary N) is 2. The number of morpholine rings is 1. The molecule has 3 heterocycles. The second kappa shape index (κ2) is 9.88. The third-order valence-corrected chi connectivity index (χ3v) is 4.41. The Kier molecular flexibility index (Phi) is 7.24. The lowest BCUT2D eigenvalue weighted by Crippen LogP contribution is -2.49. The minimum Gasteiger partial charge on any atom is -0.444 e. The maximum Gasteiger partial charge on any atom is 0.410 e. The van der Waals surface area contributed by atoms with Gasteiger partial charge in [0.25, 0.3) is 5.91 Å². The molecule has 2 aromatic heterocycles. The van der Waals surface area contributed by atoms with E-state index in [-0.39, 0.29) is 23.0 Å². The van der Waals surface area contributed by atoms with Crippen LogP contribution in [0.2, 0.25) is 5.15 Å². The fourth-order valence-electron chi connectivity index (χ4n) is 2.85. The number of carbonyl (C=O) groups excluding carboxylic acids is 2. The van der Waals surface area contributed by atoms with Crippen LogP contribution in [0.1, 0.15) is 31.3 Å². The van der Waals surface area contributed by atoms with Crippen molar-refractivity contribution in [2.45, 2.75) is 32.5 Å². The van der Waals surface area contributed by atoms with Crippen LogP contribution in [-0.2, 0) is 9.47 Å². The van der Waals surface area contributed by atoms with E-state index in [1.165, 1.54) is 6.07 Å². The smallest absolute Gasteiger partial charge is 0.410 e. The Morgan fingerprint density at radius 3 is 2.74 bits per heavy atom. The fourth-order valence-corrected chi connectivity index (χ4v) is 3.00. The Morgan fingerprint density at radius 1 is 1.29 bits per heavy atom. The monoisotopic (exact) mass is 448 g/mol. The minimum absolute atomic E-state index is 0.0843. The summed E-state index contributed by atoms with van der Waals surface area (Å²) in [7, 11) is 0. The number of hydrogen-bond acceptors (Lipinski definition) is 8. The van der Waals surface area contributed by atoms with Crippen molar-refractivity contribution in [3.8, 4) is 0 Å². The van der Waals surface area contributed by atoms with Crippen molar-refractivity contribution in [3.05, 3.63) is 41.4 Å². The van der Waals surface area contributed by atoms with Gasteiger partial charge >= 0.3 is 6.09 Å². The van der Waals surface area contributed by atoms with Gasteiger partial charge in [0.2, 0.25) is 0 Å². The maximum atomic E-state index is 12.7. The van der Waals surface area contributed by atoms with Gasteiger partial charge in [-0.3, -0.25) is 9.78 Å². The summed E-state index contributed by atoms with van der Waals surface area (Å²) >= 11 is 5.98. The van der Waals surface area contributed by atoms with Crippen LogP contribution in [-0.4, -0.2) is 70.0 Å². The molecule has 3 rings (SSSR count). The Labute approximate surface area is 185 Å². The van der Waals surface area contributed by atoms with E-state index in [2.05, 4.69) is 25.8 Å². The topological polar surface area (TPSA) is 119 Å². The molecule has 0 aliphatic carbocycles. The third kappa shape index (κ3) is 6.76. The van der Waals surface area contributed by atoms with Crippen molar-refractivity contribution in [2.24, 2.45) is 0 Å². The molecule has 1 aliphatic rings. The molecule has 166 valence electrons. The van der Waals surface area contributed by atoms with E-state index in [0.29, 0.717) is 37.6 Å². The Morgan fingerprint density at radius 2 is 2.03 bits per heavy atom. The molecule has 1 saturated heterocycles. The van der Waals surface area contributed by atoms with E-state index in [9.17, 15) is 9.59 Å². The predicted octanol–water partition coefficient (Wildman–Crippen LogP) is 2.83. The highest BCUT2D eigenvalue weighted by Crippen LogP contribution is 2.19. The number of halogens is 1. The SMILES string of the molecule is CC(C)(C)OC(=O)N1CCOC(CNc2cc(Cl)nnc2C(=O)Nc2ccncc2)C1. The third-order valence-electron chi connectivity index (χ3n) is 4.23. The zero-order chi connectivity index (χ0) is 22.4. The number of hydrogen-bond donors (Lipinski definition) is 2. The number of nitrogens with zero attached hydrogens (tertiary/aromatic N) is 4. The van der Waals surface area contributed by atoms with Crippen LogP contribution >= 0.6 is 11.6 Å². The molecular formula is C20H25ClN6O4. The van der Waals surface area contributed by atoms with Crippen LogP contribution in [0.3, 0.4) is 0 Å². The summed E-state index contributed by atoms with van der Waals surface area (Å²) < 4.78 is 11.2. The first-order chi connectivity index (χ1) is 14.7. The second-order valence-corrected chi connectivity index (χ2v) is 8.31. The number of pyridine rings is 1. The van der Waals surface area contributed by atoms with Crippen molar-refractivity contribution >= 4 is 35.0 Å². The lowest BCUT2D eigenvalue weighted by molar-refractivity contribution is -0.0371. The molecule has 0 radical (unpaired) electrons. The highest BCUT2D eigenvalue weighted by Gasteiger charge is 2.28. The van der Waals surface area contributed by atoms with E-state index in [1.807, 2.05) is 20.8 Å². The van der Waals surface area contributed by atoms with E-state index < -0.39 is 11.5 Å². The minimum atomic E-state index is -0.570. The Balaban J connectivity index is 1.64. The molecule has 0 spiro atoms. The summed E-state index contributed by atoms with van der Waals surface area (Å²) in [6, 6.07) is 4.84. The summed E-state index contributed by atoms with van der Waals surface area (Å²) in [6.45, 7) is 6.99. The molecule has 1 aliphatic heterocycles. The van der Waals surface area contributed by atoms with E-state index in [4.69, 9.17) is 21.1 Å². The van der Waals surface area contributed by atoms with Gasteiger partial charge in [-0.25, -0.2) is 4.79 Å². The summed E-state index contributed by atoms with van der Waals surface area (Å²) in [5.74, 6) is -0.446. The molecule has 2 N–H and O–H groups in total. The summed E-state index contributed by atoms with van der Waals surface area (Å²) in [4.78, 5) is 30.5. The van der Waals surface area contributed by atoms with Gasteiger partial charge in [-0.05, 0) is 32.9 Å². The summed E-state index contributed by atoms with van der Waals surface area (Å²) in [5.41, 5.74) is 0.497. The number of amides is 2. The number of aromatic nitrogens is 3. The van der Waals surface area contributed by atoms with Gasteiger partial charge in [0.05, 0.1) is 24.9 Å². The van der Waals surface area contributed by atoms with Crippen LogP contribution in [0.15, 0.2) is 30.6 Å². The molecule has 31 heavy (non-hydrogen) atoms. The Bertz CT molecular complexity index is 922. The average Bonchev–Trinajstić information content (AvgIpc) is 2.72. The predicted molar refractivity (Wildman–Crippen MR) is 115 cm³/mol. The number of anilines is 2. The highest BCUT2D eigenvalue weighted by atomic mass is 35.5. The van der Waals surface area contributed by atoms with Gasteiger partial charge in [-0.1, -0.05) is 11.6 Å². The van der Waals surface area contributed by atoms with E-state index in [1.54, 1.807) is 29.4 Å². The molecule has 0 aromatic carbocycles. The first kappa shape index (κ1) is 22.7. The van der Waals surface area contributed by atoms with Gasteiger partial charge < -0.3 is 25.0 Å². The maximum absolute atomic E-state index is 12.7. The molecular weight excluding hydrogens is 424 g/mol. The van der Waals surface area contributed by atoms with Crippen molar-refractivity contribution in [2.75, 3.05) is 36.9 Å². The molecule has 10 nitrogen and oxygen atoms in total. The molecule has 11 heteroatoms. The molecule has 1 fully saturated rings. The van der Waals surface area contributed by atoms with E-state index in [0.717, 1.165) is 0 Å². The molecule has 0 bridgehead atoms. The molecule has 0 saturated carbocycles. The molecule has 2 aromatic rings. The van der Waals surface area contributed by atoms with Crippen LogP contribution in [0.4, 0.5) is 16.2 Å².